The lowest BCUT2D eigenvalue weighted by Crippen LogP contribution is -2.02. The summed E-state index contributed by atoms with van der Waals surface area (Å²) in [6, 6.07) is 16.8. The third-order valence-corrected chi connectivity index (χ3v) is 4.17. The van der Waals surface area contributed by atoms with Crippen molar-refractivity contribution in [2.24, 2.45) is 0 Å². The standard InChI is InChI=1S/C15H12N4S/c16-15-12(17-18-20-15)9-19-13-7-3-1-5-10(13)11-6-2-4-8-14(11)19/h1-8H,9,16H2. The number of anilines is 1. The minimum absolute atomic E-state index is 0.649. The zero-order valence-corrected chi connectivity index (χ0v) is 11.5. The Morgan fingerprint density at radius 2 is 1.55 bits per heavy atom. The first-order valence-corrected chi connectivity index (χ1v) is 7.14. The fourth-order valence-electron chi connectivity index (χ4n) is 2.65. The molecule has 0 atom stereocenters. The van der Waals surface area contributed by atoms with E-state index in [0.717, 1.165) is 5.69 Å². The molecule has 2 aromatic carbocycles. The molecule has 0 amide bonds. The van der Waals surface area contributed by atoms with Gasteiger partial charge in [-0.1, -0.05) is 40.9 Å². The lowest BCUT2D eigenvalue weighted by atomic mass is 10.2. The van der Waals surface area contributed by atoms with Crippen molar-refractivity contribution in [1.82, 2.24) is 14.2 Å². The third-order valence-electron chi connectivity index (χ3n) is 3.57. The molecule has 2 heterocycles. The van der Waals surface area contributed by atoms with Crippen molar-refractivity contribution in [2.75, 3.05) is 5.73 Å². The molecule has 0 bridgehead atoms. The average molecular weight is 280 g/mol. The van der Waals surface area contributed by atoms with Gasteiger partial charge in [-0.2, -0.15) is 0 Å². The quantitative estimate of drug-likeness (QED) is 0.613. The van der Waals surface area contributed by atoms with Crippen molar-refractivity contribution >= 4 is 38.3 Å². The van der Waals surface area contributed by atoms with E-state index in [2.05, 4.69) is 62.7 Å². The molecule has 0 saturated carbocycles. The van der Waals surface area contributed by atoms with Crippen molar-refractivity contribution in [3.63, 3.8) is 0 Å². The molecular weight excluding hydrogens is 268 g/mol. The highest BCUT2D eigenvalue weighted by atomic mass is 32.1. The third kappa shape index (κ3) is 1.60. The van der Waals surface area contributed by atoms with E-state index in [1.807, 2.05) is 0 Å². The Kier molecular flexibility index (Phi) is 2.47. The molecule has 0 aliphatic carbocycles. The van der Waals surface area contributed by atoms with E-state index in [0.29, 0.717) is 11.5 Å². The summed E-state index contributed by atoms with van der Waals surface area (Å²) in [5.74, 6) is 0. The van der Waals surface area contributed by atoms with Crippen LogP contribution in [0.4, 0.5) is 5.00 Å². The Balaban J connectivity index is 2.03. The molecule has 0 radical (unpaired) electrons. The second-order valence-electron chi connectivity index (χ2n) is 4.70. The fourth-order valence-corrected chi connectivity index (χ4v) is 3.09. The number of nitrogens with zero attached hydrogens (tertiary/aromatic N) is 3. The molecule has 0 spiro atoms. The summed E-state index contributed by atoms with van der Waals surface area (Å²) < 4.78 is 6.16. The first-order valence-electron chi connectivity index (χ1n) is 6.37. The van der Waals surface area contributed by atoms with Crippen LogP contribution in [-0.2, 0) is 6.54 Å². The van der Waals surface area contributed by atoms with E-state index >= 15 is 0 Å². The maximum Gasteiger partial charge on any atom is 0.132 e. The molecule has 4 nitrogen and oxygen atoms in total. The van der Waals surface area contributed by atoms with Crippen LogP contribution in [0.3, 0.4) is 0 Å². The van der Waals surface area contributed by atoms with Crippen molar-refractivity contribution < 1.29 is 0 Å². The van der Waals surface area contributed by atoms with Gasteiger partial charge in [-0.15, -0.1) is 5.10 Å². The molecule has 5 heteroatoms. The number of hydrogen-bond acceptors (Lipinski definition) is 4. The van der Waals surface area contributed by atoms with Crippen LogP contribution in [0.2, 0.25) is 0 Å². The van der Waals surface area contributed by atoms with Crippen LogP contribution in [0.1, 0.15) is 5.69 Å². The van der Waals surface area contributed by atoms with Gasteiger partial charge in [-0.05, 0) is 12.1 Å². The summed E-state index contributed by atoms with van der Waals surface area (Å²) in [6.45, 7) is 0.649. The molecule has 0 saturated heterocycles. The molecule has 4 aromatic rings. The van der Waals surface area contributed by atoms with E-state index in [-0.39, 0.29) is 0 Å². The van der Waals surface area contributed by atoms with Crippen LogP contribution in [-0.4, -0.2) is 14.2 Å². The van der Waals surface area contributed by atoms with E-state index in [4.69, 9.17) is 5.73 Å². The molecule has 0 aliphatic rings. The predicted octanol–water partition coefficient (Wildman–Crippen LogP) is 3.28. The highest BCUT2D eigenvalue weighted by Gasteiger charge is 2.12. The molecule has 0 aliphatic heterocycles. The summed E-state index contributed by atoms with van der Waals surface area (Å²) in [4.78, 5) is 0. The molecule has 4 rings (SSSR count). The van der Waals surface area contributed by atoms with Crippen LogP contribution in [0, 0.1) is 0 Å². The number of nitrogen functional groups attached to an aromatic ring is 1. The summed E-state index contributed by atoms with van der Waals surface area (Å²) in [5.41, 5.74) is 9.15. The SMILES string of the molecule is Nc1snnc1Cn1c2ccccc2c2ccccc21. The van der Waals surface area contributed by atoms with Gasteiger partial charge in [0, 0.05) is 33.3 Å². The first kappa shape index (κ1) is 11.4. The van der Waals surface area contributed by atoms with Gasteiger partial charge in [0.1, 0.15) is 10.7 Å². The molecule has 0 unspecified atom stereocenters. The van der Waals surface area contributed by atoms with E-state index in [9.17, 15) is 0 Å². The Bertz CT molecular complexity index is 853. The number of hydrogen-bond donors (Lipinski definition) is 1. The highest BCUT2D eigenvalue weighted by molar-refractivity contribution is 7.09. The van der Waals surface area contributed by atoms with Crippen LogP contribution in [0.15, 0.2) is 48.5 Å². The van der Waals surface area contributed by atoms with Crippen molar-refractivity contribution in [1.29, 1.82) is 0 Å². The van der Waals surface area contributed by atoms with Crippen LogP contribution < -0.4 is 5.73 Å². The highest BCUT2D eigenvalue weighted by Crippen LogP contribution is 2.29. The Morgan fingerprint density at radius 1 is 0.950 bits per heavy atom. The van der Waals surface area contributed by atoms with Gasteiger partial charge in [-0.25, -0.2) is 0 Å². The molecule has 2 aromatic heterocycles. The van der Waals surface area contributed by atoms with E-state index in [1.165, 1.54) is 33.3 Å². The topological polar surface area (TPSA) is 56.7 Å². The maximum atomic E-state index is 5.93. The zero-order chi connectivity index (χ0) is 13.5. The largest absolute Gasteiger partial charge is 0.388 e. The monoisotopic (exact) mass is 280 g/mol. The Hall–Kier alpha value is -2.40. The minimum Gasteiger partial charge on any atom is -0.388 e. The Labute approximate surface area is 119 Å². The van der Waals surface area contributed by atoms with E-state index in [1.54, 1.807) is 0 Å². The Morgan fingerprint density at radius 3 is 2.10 bits per heavy atom. The maximum absolute atomic E-state index is 5.93. The lowest BCUT2D eigenvalue weighted by Gasteiger charge is -2.05. The fraction of sp³-hybridized carbons (Fsp3) is 0.0667. The minimum atomic E-state index is 0.649. The van der Waals surface area contributed by atoms with Gasteiger partial charge in [0.15, 0.2) is 0 Å². The molecular formula is C15H12N4S. The number of fused-ring (bicyclic) bond motifs is 3. The number of para-hydroxylation sites is 2. The predicted molar refractivity (Wildman–Crippen MR) is 82.9 cm³/mol. The normalized spacial score (nSPS) is 11.4. The smallest absolute Gasteiger partial charge is 0.132 e. The summed E-state index contributed by atoms with van der Waals surface area (Å²) >= 11 is 1.24. The molecule has 98 valence electrons. The molecule has 2 N–H and O–H groups in total. The van der Waals surface area contributed by atoms with Crippen LogP contribution in [0.5, 0.6) is 0 Å². The van der Waals surface area contributed by atoms with Crippen molar-refractivity contribution in [3.05, 3.63) is 54.2 Å². The van der Waals surface area contributed by atoms with Crippen molar-refractivity contribution in [3.8, 4) is 0 Å². The van der Waals surface area contributed by atoms with Gasteiger partial charge in [-0.3, -0.25) is 0 Å². The number of aromatic nitrogens is 3. The lowest BCUT2D eigenvalue weighted by molar-refractivity contribution is 0.828. The van der Waals surface area contributed by atoms with Gasteiger partial charge in [0.2, 0.25) is 0 Å². The summed E-state index contributed by atoms with van der Waals surface area (Å²) in [7, 11) is 0. The summed E-state index contributed by atoms with van der Waals surface area (Å²) in [6.07, 6.45) is 0. The zero-order valence-electron chi connectivity index (χ0n) is 10.7. The summed E-state index contributed by atoms with van der Waals surface area (Å²) in [5, 5.41) is 7.32. The van der Waals surface area contributed by atoms with Gasteiger partial charge in [0.05, 0.1) is 6.54 Å². The second kappa shape index (κ2) is 4.31. The van der Waals surface area contributed by atoms with Crippen molar-refractivity contribution in [2.45, 2.75) is 6.54 Å². The van der Waals surface area contributed by atoms with Gasteiger partial charge >= 0.3 is 0 Å². The van der Waals surface area contributed by atoms with Gasteiger partial charge in [0.25, 0.3) is 0 Å². The van der Waals surface area contributed by atoms with Gasteiger partial charge < -0.3 is 10.3 Å². The van der Waals surface area contributed by atoms with E-state index < -0.39 is 0 Å². The number of rotatable bonds is 2. The second-order valence-corrected chi connectivity index (χ2v) is 5.49. The number of benzene rings is 2. The average Bonchev–Trinajstić information content (AvgIpc) is 3.03. The first-order chi connectivity index (χ1) is 9.84. The van der Waals surface area contributed by atoms with Crippen LogP contribution in [0.25, 0.3) is 21.8 Å². The van der Waals surface area contributed by atoms with Crippen LogP contribution >= 0.6 is 11.5 Å². The molecule has 0 fully saturated rings. The molecule has 20 heavy (non-hydrogen) atoms. The number of nitrogens with two attached hydrogens (primary N) is 1.